The van der Waals surface area contributed by atoms with Crippen LogP contribution in [0.4, 0.5) is 5.69 Å². The van der Waals surface area contributed by atoms with Crippen LogP contribution in [0.25, 0.3) is 10.8 Å². The zero-order valence-electron chi connectivity index (χ0n) is 17.3. The Morgan fingerprint density at radius 3 is 2.18 bits per heavy atom. The Morgan fingerprint density at radius 2 is 1.45 bits per heavy atom. The molecular weight excluding hydrogens is 426 g/mol. The molecule has 9 nitrogen and oxygen atoms in total. The van der Waals surface area contributed by atoms with Gasteiger partial charge in [0.05, 0.1) is 10.8 Å². The summed E-state index contributed by atoms with van der Waals surface area (Å²) in [6.45, 7) is -1.08. The molecule has 0 aliphatic carbocycles. The monoisotopic (exact) mass is 445 g/mol. The number of carbonyl (C=O) groups excluding carboxylic acids is 2. The molecule has 0 aliphatic heterocycles. The van der Waals surface area contributed by atoms with Gasteiger partial charge in [0.2, 0.25) is 0 Å². The molecule has 0 radical (unpaired) electrons. The van der Waals surface area contributed by atoms with Crippen LogP contribution in [0.5, 0.6) is 11.5 Å². The molecule has 1 aromatic heterocycles. The van der Waals surface area contributed by atoms with Crippen molar-refractivity contribution in [3.8, 4) is 11.5 Å². The minimum Gasteiger partial charge on any atom is -0.457 e. The molecule has 33 heavy (non-hydrogen) atoms. The lowest BCUT2D eigenvalue weighted by Gasteiger charge is -2.09. The molecular formula is C24H19N3O6. The van der Waals surface area contributed by atoms with Gasteiger partial charge in [-0.05, 0) is 48.5 Å². The first-order chi connectivity index (χ1) is 16.0. The van der Waals surface area contributed by atoms with Crippen LogP contribution in [-0.4, -0.2) is 28.3 Å². The van der Waals surface area contributed by atoms with E-state index in [4.69, 9.17) is 9.47 Å². The maximum Gasteiger partial charge on any atom is 0.328 e. The number of rotatable bonds is 7. The van der Waals surface area contributed by atoms with Gasteiger partial charge in [0.25, 0.3) is 17.0 Å². The largest absolute Gasteiger partial charge is 0.457 e. The summed E-state index contributed by atoms with van der Waals surface area (Å²) in [5.74, 6) is -0.113. The number of esters is 1. The predicted octanol–water partition coefficient (Wildman–Crippen LogP) is 2.66. The number of hydrogen-bond donors (Lipinski definition) is 2. The topological polar surface area (TPSA) is 119 Å². The fourth-order valence-corrected chi connectivity index (χ4v) is 3.11. The number of nitrogens with one attached hydrogen (secondary N) is 2. The number of carbonyl (C=O) groups is 2. The van der Waals surface area contributed by atoms with E-state index >= 15 is 0 Å². The Balaban J connectivity index is 1.30. The van der Waals surface area contributed by atoms with Gasteiger partial charge in [-0.2, -0.15) is 0 Å². The highest BCUT2D eigenvalue weighted by Gasteiger charge is 2.13. The third-order valence-corrected chi connectivity index (χ3v) is 4.65. The highest BCUT2D eigenvalue weighted by Crippen LogP contribution is 2.22. The second kappa shape index (κ2) is 9.65. The Morgan fingerprint density at radius 1 is 0.818 bits per heavy atom. The number of nitrogens with zero attached hydrogens (tertiary/aromatic N) is 1. The van der Waals surface area contributed by atoms with Crippen molar-refractivity contribution in [1.82, 2.24) is 9.78 Å². The van der Waals surface area contributed by atoms with E-state index in [9.17, 15) is 19.2 Å². The van der Waals surface area contributed by atoms with Crippen molar-refractivity contribution in [2.24, 2.45) is 0 Å². The molecule has 166 valence electrons. The van der Waals surface area contributed by atoms with Crippen molar-refractivity contribution in [3.05, 3.63) is 99.6 Å². The molecule has 0 fully saturated rings. The maximum atomic E-state index is 12.4. The van der Waals surface area contributed by atoms with Gasteiger partial charge in [-0.3, -0.25) is 24.3 Å². The molecule has 9 heteroatoms. The number of benzene rings is 3. The van der Waals surface area contributed by atoms with Gasteiger partial charge in [-0.25, -0.2) is 4.68 Å². The average Bonchev–Trinajstić information content (AvgIpc) is 2.83. The van der Waals surface area contributed by atoms with Gasteiger partial charge in [0.15, 0.2) is 6.61 Å². The van der Waals surface area contributed by atoms with Crippen molar-refractivity contribution in [1.29, 1.82) is 0 Å². The zero-order valence-corrected chi connectivity index (χ0v) is 17.3. The van der Waals surface area contributed by atoms with E-state index in [-0.39, 0.29) is 10.8 Å². The quantitative estimate of drug-likeness (QED) is 0.422. The summed E-state index contributed by atoms with van der Waals surface area (Å²) in [5.41, 5.74) is -0.550. The first-order valence-electron chi connectivity index (χ1n) is 10.00. The van der Waals surface area contributed by atoms with Crippen LogP contribution in [0.1, 0.15) is 0 Å². The molecule has 0 spiro atoms. The van der Waals surface area contributed by atoms with Crippen LogP contribution in [-0.2, 0) is 20.9 Å². The molecule has 3 aromatic carbocycles. The Hall–Kier alpha value is -4.66. The smallest absolute Gasteiger partial charge is 0.328 e. The molecule has 4 aromatic rings. The van der Waals surface area contributed by atoms with Gasteiger partial charge >= 0.3 is 5.97 Å². The van der Waals surface area contributed by atoms with E-state index in [1.54, 1.807) is 36.4 Å². The van der Waals surface area contributed by atoms with E-state index in [1.807, 2.05) is 30.3 Å². The lowest BCUT2D eigenvalue weighted by Crippen LogP contribution is -2.33. The van der Waals surface area contributed by atoms with E-state index in [0.29, 0.717) is 17.2 Å². The predicted molar refractivity (Wildman–Crippen MR) is 121 cm³/mol. The first kappa shape index (κ1) is 21.6. The molecule has 0 saturated heterocycles. The van der Waals surface area contributed by atoms with Crippen LogP contribution in [0.15, 0.2) is 88.5 Å². The number of fused-ring (bicyclic) bond motifs is 1. The molecule has 0 aliphatic rings. The summed E-state index contributed by atoms with van der Waals surface area (Å²) in [7, 11) is 0. The van der Waals surface area contributed by atoms with Crippen molar-refractivity contribution < 1.29 is 19.1 Å². The summed E-state index contributed by atoms with van der Waals surface area (Å²) in [5, 5.41) is 5.35. The molecule has 0 bridgehead atoms. The SMILES string of the molecule is O=C(COC(=O)Cn1[nH]c(=O)c2ccccc2c1=O)Nc1ccc(Oc2ccccc2)cc1. The van der Waals surface area contributed by atoms with Gasteiger partial charge < -0.3 is 14.8 Å². The third kappa shape index (κ3) is 5.34. The second-order valence-corrected chi connectivity index (χ2v) is 7.03. The highest BCUT2D eigenvalue weighted by atomic mass is 16.5. The molecule has 0 unspecified atom stereocenters. The summed E-state index contributed by atoms with van der Waals surface area (Å²) < 4.78 is 11.5. The average molecular weight is 445 g/mol. The van der Waals surface area contributed by atoms with Gasteiger partial charge in [-0.15, -0.1) is 0 Å². The Kier molecular flexibility index (Phi) is 6.31. The van der Waals surface area contributed by atoms with Crippen LogP contribution in [0.2, 0.25) is 0 Å². The Bertz CT molecular complexity index is 1410. The van der Waals surface area contributed by atoms with Crippen molar-refractivity contribution in [2.75, 3.05) is 11.9 Å². The van der Waals surface area contributed by atoms with E-state index in [2.05, 4.69) is 10.4 Å². The molecule has 0 saturated carbocycles. The van der Waals surface area contributed by atoms with E-state index in [1.165, 1.54) is 12.1 Å². The number of anilines is 1. The minimum absolute atomic E-state index is 0.187. The number of aromatic nitrogens is 2. The number of ether oxygens (including phenoxy) is 2. The van der Waals surface area contributed by atoms with Crippen molar-refractivity contribution in [3.63, 3.8) is 0 Å². The first-order valence-corrected chi connectivity index (χ1v) is 10.00. The summed E-state index contributed by atoms with van der Waals surface area (Å²) in [4.78, 5) is 48.7. The number of amides is 1. The second-order valence-electron chi connectivity index (χ2n) is 7.03. The lowest BCUT2D eigenvalue weighted by molar-refractivity contribution is -0.148. The van der Waals surface area contributed by atoms with Crippen LogP contribution in [0.3, 0.4) is 0 Å². The summed E-state index contributed by atoms with van der Waals surface area (Å²) in [6.07, 6.45) is 0. The number of para-hydroxylation sites is 1. The fourth-order valence-electron chi connectivity index (χ4n) is 3.11. The van der Waals surface area contributed by atoms with Crippen LogP contribution in [0, 0.1) is 0 Å². The third-order valence-electron chi connectivity index (χ3n) is 4.65. The lowest BCUT2D eigenvalue weighted by atomic mass is 10.2. The normalized spacial score (nSPS) is 10.5. The van der Waals surface area contributed by atoms with Crippen LogP contribution >= 0.6 is 0 Å². The zero-order chi connectivity index (χ0) is 23.2. The van der Waals surface area contributed by atoms with Gasteiger partial charge in [0.1, 0.15) is 18.0 Å². The molecule has 2 N–H and O–H groups in total. The van der Waals surface area contributed by atoms with E-state index < -0.39 is 36.1 Å². The highest BCUT2D eigenvalue weighted by molar-refractivity contribution is 5.92. The number of hydrogen-bond acceptors (Lipinski definition) is 6. The standard InChI is InChI=1S/C24H19N3O6/c28-21(25-16-10-12-18(13-11-16)33-17-6-2-1-3-7-17)15-32-22(29)14-27-24(31)20-9-5-4-8-19(20)23(30)26-27/h1-13H,14-15H2,(H,25,28)(H,26,30). The Labute approximate surface area is 187 Å². The molecule has 1 heterocycles. The van der Waals surface area contributed by atoms with Crippen molar-refractivity contribution >= 4 is 28.3 Å². The minimum atomic E-state index is -0.843. The molecule has 1 amide bonds. The van der Waals surface area contributed by atoms with Gasteiger partial charge in [0, 0.05) is 5.69 Å². The fraction of sp³-hybridized carbons (Fsp3) is 0.0833. The molecule has 4 rings (SSSR count). The molecule has 0 atom stereocenters. The number of H-pyrrole nitrogens is 1. The van der Waals surface area contributed by atoms with E-state index in [0.717, 1.165) is 4.68 Å². The van der Waals surface area contributed by atoms with Crippen molar-refractivity contribution in [2.45, 2.75) is 6.54 Å². The summed E-state index contributed by atoms with van der Waals surface area (Å²) >= 11 is 0. The maximum absolute atomic E-state index is 12.4. The number of aromatic amines is 1. The van der Waals surface area contributed by atoms with Crippen LogP contribution < -0.4 is 21.2 Å². The van der Waals surface area contributed by atoms with Gasteiger partial charge in [-0.1, -0.05) is 30.3 Å². The summed E-state index contributed by atoms with van der Waals surface area (Å²) in [6, 6.07) is 22.2.